The fraction of sp³-hybridized carbons (Fsp3) is 1.00. The Morgan fingerprint density at radius 2 is 0.739 bits per heavy atom. The van der Waals surface area contributed by atoms with Crippen molar-refractivity contribution in [1.29, 1.82) is 0 Å². The van der Waals surface area contributed by atoms with Crippen LogP contribution in [0.15, 0.2) is 0 Å². The van der Waals surface area contributed by atoms with E-state index in [9.17, 15) is 57.1 Å². The minimum Gasteiger partial charge on any atom is -0.363 e. The summed E-state index contributed by atoms with van der Waals surface area (Å²) in [5.74, 6) is 0. The van der Waals surface area contributed by atoms with E-state index in [4.69, 9.17) is 0 Å². The molecule has 0 aromatic rings. The molecule has 0 aliphatic rings. The lowest BCUT2D eigenvalue weighted by Gasteiger charge is -2.09. The van der Waals surface area contributed by atoms with Gasteiger partial charge in [-0.15, -0.1) is 17.6 Å². The summed E-state index contributed by atoms with van der Waals surface area (Å²) in [5.41, 5.74) is 0. The largest absolute Gasteiger partial charge is 0.559 e. The van der Waals surface area contributed by atoms with Gasteiger partial charge in [0.1, 0.15) is 13.2 Å². The molecule has 0 amide bonds. The van der Waals surface area contributed by atoms with Gasteiger partial charge in [-0.3, -0.25) is 4.39 Å². The van der Waals surface area contributed by atoms with Gasteiger partial charge in [0.2, 0.25) is 6.93 Å². The van der Waals surface area contributed by atoms with Gasteiger partial charge in [-0.05, 0) is 0 Å². The van der Waals surface area contributed by atoms with Crippen molar-refractivity contribution in [3.63, 3.8) is 0 Å². The molecule has 0 heterocycles. The van der Waals surface area contributed by atoms with Gasteiger partial charge < -0.3 is 4.74 Å². The Balaban J connectivity index is -0.0000000511. The maximum Gasteiger partial charge on any atom is 0.559 e. The summed E-state index contributed by atoms with van der Waals surface area (Å²) in [7, 11) is 0.500. The molecule has 0 bridgehead atoms. The molecule has 0 spiro atoms. The Morgan fingerprint density at radius 3 is 0.826 bits per heavy atom. The molecule has 0 aromatic heterocycles. The first kappa shape index (κ1) is 37.9. The lowest BCUT2D eigenvalue weighted by molar-refractivity contribution is -0.237. The van der Waals surface area contributed by atoms with E-state index < -0.39 is 38.9 Å². The van der Waals surface area contributed by atoms with Crippen LogP contribution in [-0.4, -0.2) is 46.1 Å². The molecule has 0 rings (SSSR count). The van der Waals surface area contributed by atoms with Crippen molar-refractivity contribution in [2.45, 2.75) is 33.6 Å². The van der Waals surface area contributed by atoms with Crippen molar-refractivity contribution >= 4 is 0 Å². The molecular formula is C9H17F13O. The molecule has 0 aliphatic carbocycles. The van der Waals surface area contributed by atoms with Gasteiger partial charge in [-0.25, -0.2) is 8.78 Å². The fourth-order valence-corrected chi connectivity index (χ4v) is 0.282. The molecule has 0 atom stereocenters. The Bertz CT molecular complexity index is 175. The summed E-state index contributed by atoms with van der Waals surface area (Å²) in [4.78, 5) is 0. The van der Waals surface area contributed by atoms with Gasteiger partial charge >= 0.3 is 18.8 Å². The van der Waals surface area contributed by atoms with Crippen molar-refractivity contribution in [3.05, 3.63) is 0 Å². The minimum atomic E-state index is -5.50. The number of alkyl halides is 13. The van der Waals surface area contributed by atoms with E-state index >= 15 is 0 Å². The van der Waals surface area contributed by atoms with Crippen LogP contribution in [0.1, 0.15) is 14.9 Å². The third-order valence-electron chi connectivity index (χ3n) is 0.531. The fourth-order valence-electron chi connectivity index (χ4n) is 0.282. The van der Waals surface area contributed by atoms with E-state index in [0.717, 1.165) is 0 Å². The average molecular weight is 388 g/mol. The normalized spacial score (nSPS) is 10.2. The monoisotopic (exact) mass is 388 g/mol. The lowest BCUT2D eigenvalue weighted by Crippen LogP contribution is -2.23. The highest BCUT2D eigenvalue weighted by Gasteiger charge is 2.32. The smallest absolute Gasteiger partial charge is 0.363 e. The van der Waals surface area contributed by atoms with Crippen molar-refractivity contribution in [1.82, 2.24) is 0 Å². The summed E-state index contributed by atoms with van der Waals surface area (Å²) < 4.78 is 138. The summed E-state index contributed by atoms with van der Waals surface area (Å²) in [6, 6.07) is 0. The first-order valence-corrected chi connectivity index (χ1v) is 4.09. The van der Waals surface area contributed by atoms with Crippen LogP contribution in [0.25, 0.3) is 0 Å². The highest BCUT2D eigenvalue weighted by atomic mass is 19.5. The quantitative estimate of drug-likeness (QED) is 0.502. The van der Waals surface area contributed by atoms with Crippen molar-refractivity contribution in [2.24, 2.45) is 0 Å². The van der Waals surface area contributed by atoms with Crippen molar-refractivity contribution in [3.8, 4) is 0 Å². The minimum absolute atomic E-state index is 0. The second kappa shape index (κ2) is 19.1. The summed E-state index contributed by atoms with van der Waals surface area (Å²) in [6.45, 7) is -5.49. The van der Waals surface area contributed by atoms with Crippen molar-refractivity contribution < 1.29 is 61.8 Å². The van der Waals surface area contributed by atoms with Crippen LogP contribution in [0.3, 0.4) is 0 Å². The zero-order valence-electron chi connectivity index (χ0n) is 9.94. The van der Waals surface area contributed by atoms with Crippen LogP contribution >= 0.6 is 0 Å². The highest BCUT2D eigenvalue weighted by Crippen LogP contribution is 2.18. The zero-order valence-corrected chi connectivity index (χ0v) is 9.94. The van der Waals surface area contributed by atoms with Crippen LogP contribution < -0.4 is 0 Å². The predicted octanol–water partition coefficient (Wildman–Crippen LogP) is 6.34. The zero-order chi connectivity index (χ0) is 18.3. The third-order valence-corrected chi connectivity index (χ3v) is 0.531. The second-order valence-corrected chi connectivity index (χ2v) is 2.25. The number of hydrogen-bond donors (Lipinski definition) is 0. The van der Waals surface area contributed by atoms with E-state index in [1.807, 2.05) is 0 Å². The molecule has 1 nitrogen and oxygen atoms in total. The van der Waals surface area contributed by atoms with Crippen molar-refractivity contribution in [2.75, 3.05) is 27.3 Å². The third kappa shape index (κ3) is 154. The topological polar surface area (TPSA) is 9.23 Å². The van der Waals surface area contributed by atoms with E-state index in [-0.39, 0.29) is 14.9 Å². The Morgan fingerprint density at radius 1 is 0.609 bits per heavy atom. The molecule has 14 heteroatoms. The van der Waals surface area contributed by atoms with Gasteiger partial charge in [0, 0.05) is 0 Å². The first-order valence-electron chi connectivity index (χ1n) is 4.09. The molecule has 0 aromatic carbocycles. The number of ether oxygens (including phenoxy) is 1. The molecule has 0 unspecified atom stereocenters. The Labute approximate surface area is 124 Å². The highest BCUT2D eigenvalue weighted by molar-refractivity contribution is 4.49. The second-order valence-electron chi connectivity index (χ2n) is 2.25. The molecule has 0 radical (unpaired) electrons. The number of hydrogen-bond acceptors (Lipinski definition) is 1. The van der Waals surface area contributed by atoms with Crippen LogP contribution in [0.5, 0.6) is 0 Å². The summed E-state index contributed by atoms with van der Waals surface area (Å²) >= 11 is 0. The number of rotatable bonds is 2. The summed E-state index contributed by atoms with van der Waals surface area (Å²) in [6.07, 6.45) is -14.9. The molecule has 0 fully saturated rings. The Hall–Kier alpha value is -0.950. The van der Waals surface area contributed by atoms with Crippen LogP contribution in [0.4, 0.5) is 57.1 Å². The molecule has 0 aliphatic heterocycles. The van der Waals surface area contributed by atoms with Gasteiger partial charge in [-0.2, -0.15) is 26.3 Å². The van der Waals surface area contributed by atoms with Gasteiger partial charge in [0.15, 0.2) is 0 Å². The molecule has 0 N–H and O–H groups in total. The summed E-state index contributed by atoms with van der Waals surface area (Å²) in [5, 5.41) is 0. The lowest BCUT2D eigenvalue weighted by atomic mass is 10.6. The van der Waals surface area contributed by atoms with E-state index in [1.165, 1.54) is 0 Å². The SMILES string of the molecule is C.C.CF.FC(F)(F)COCC(F)(F)F.FC(F)(F)F.FCF. The maximum atomic E-state index is 11.1. The molecule has 0 saturated heterocycles. The van der Waals surface area contributed by atoms with Crippen LogP contribution in [0, 0.1) is 0 Å². The van der Waals surface area contributed by atoms with Gasteiger partial charge in [-0.1, -0.05) is 14.9 Å². The van der Waals surface area contributed by atoms with E-state index in [1.54, 1.807) is 0 Å². The molecule has 23 heavy (non-hydrogen) atoms. The molecular weight excluding hydrogens is 371 g/mol. The average Bonchev–Trinajstić information content (AvgIpc) is 2.14. The predicted molar refractivity (Wildman–Crippen MR) is 57.7 cm³/mol. The maximum absolute atomic E-state index is 11.1. The van der Waals surface area contributed by atoms with Gasteiger partial charge in [0.05, 0.1) is 7.18 Å². The van der Waals surface area contributed by atoms with E-state index in [0.29, 0.717) is 7.18 Å². The van der Waals surface area contributed by atoms with E-state index in [2.05, 4.69) is 4.74 Å². The standard InChI is InChI=1S/C4H4F6O.CF4.CH2F2.CH3F.2CH4/c5-3(6,7)1-11-2-4(8,9)10;2-1(3,4)5;2-1-3;1-2;;/h1-2H2;;1H2;1H3;2*1H4. The van der Waals surface area contributed by atoms with Gasteiger partial charge in [0.25, 0.3) is 0 Å². The first-order chi connectivity index (χ1) is 9.12. The Kier molecular flexibility index (Phi) is 31.5. The van der Waals surface area contributed by atoms with Crippen LogP contribution in [0.2, 0.25) is 0 Å². The molecule has 150 valence electrons. The number of halogens is 13. The van der Waals surface area contributed by atoms with Crippen LogP contribution in [-0.2, 0) is 4.74 Å². The molecule has 0 saturated carbocycles.